The van der Waals surface area contributed by atoms with Gasteiger partial charge in [-0.15, -0.1) is 0 Å². The Morgan fingerprint density at radius 1 is 1.20 bits per heavy atom. The lowest BCUT2D eigenvalue weighted by Gasteiger charge is -2.20. The van der Waals surface area contributed by atoms with E-state index >= 15 is 0 Å². The molecule has 0 aliphatic heterocycles. The first kappa shape index (κ1) is 14.9. The topological polar surface area (TPSA) is 15.3 Å². The van der Waals surface area contributed by atoms with E-state index in [-0.39, 0.29) is 5.82 Å². The van der Waals surface area contributed by atoms with Crippen LogP contribution in [0.3, 0.4) is 0 Å². The van der Waals surface area contributed by atoms with Crippen LogP contribution in [0.4, 0.5) is 15.8 Å². The maximum Gasteiger partial charge on any atom is 0.126 e. The summed E-state index contributed by atoms with van der Waals surface area (Å²) >= 11 is 3.38. The predicted molar refractivity (Wildman–Crippen MR) is 87.1 cm³/mol. The molecule has 0 saturated carbocycles. The molecule has 106 valence electrons. The van der Waals surface area contributed by atoms with Gasteiger partial charge in [0.15, 0.2) is 0 Å². The third-order valence-corrected chi connectivity index (χ3v) is 3.79. The van der Waals surface area contributed by atoms with Gasteiger partial charge in [0.05, 0.1) is 0 Å². The number of hydrogen-bond donors (Lipinski definition) is 1. The van der Waals surface area contributed by atoms with Gasteiger partial charge in [-0.3, -0.25) is 0 Å². The summed E-state index contributed by atoms with van der Waals surface area (Å²) in [7, 11) is 3.92. The van der Waals surface area contributed by atoms with Crippen LogP contribution in [0.1, 0.15) is 5.56 Å². The number of anilines is 2. The number of nitrogens with zero attached hydrogens (tertiary/aromatic N) is 1. The Bertz CT molecular complexity index is 586. The predicted octanol–water partition coefficient (Wildman–Crippen LogP) is 4.31. The Kier molecular flexibility index (Phi) is 5.01. The molecule has 0 unspecified atom stereocenters. The molecule has 0 heterocycles. The van der Waals surface area contributed by atoms with Crippen molar-refractivity contribution in [3.05, 3.63) is 58.3 Å². The Morgan fingerprint density at radius 2 is 2.00 bits per heavy atom. The molecule has 2 aromatic carbocycles. The average Bonchev–Trinajstić information content (AvgIpc) is 2.48. The molecule has 0 aliphatic carbocycles. The molecule has 1 N–H and O–H groups in total. The number of nitrogens with one attached hydrogen (secondary N) is 1. The molecule has 2 rings (SSSR count). The van der Waals surface area contributed by atoms with Crippen LogP contribution in [0, 0.1) is 5.82 Å². The molecule has 20 heavy (non-hydrogen) atoms. The van der Waals surface area contributed by atoms with Gasteiger partial charge in [-0.1, -0.05) is 22.0 Å². The van der Waals surface area contributed by atoms with Gasteiger partial charge in [0.2, 0.25) is 0 Å². The molecule has 0 bridgehead atoms. The number of halogens is 2. The quantitative estimate of drug-likeness (QED) is 0.875. The molecule has 0 radical (unpaired) electrons. The van der Waals surface area contributed by atoms with Gasteiger partial charge >= 0.3 is 0 Å². The van der Waals surface area contributed by atoms with Crippen molar-refractivity contribution in [3.8, 4) is 0 Å². The highest BCUT2D eigenvalue weighted by Crippen LogP contribution is 2.20. The van der Waals surface area contributed by atoms with Crippen molar-refractivity contribution in [2.75, 3.05) is 30.9 Å². The molecule has 0 spiro atoms. The molecule has 2 nitrogen and oxygen atoms in total. The molecule has 0 aliphatic rings. The van der Waals surface area contributed by atoms with Gasteiger partial charge in [-0.25, -0.2) is 4.39 Å². The second-order valence-corrected chi connectivity index (χ2v) is 5.62. The fourth-order valence-corrected chi connectivity index (χ4v) is 2.46. The smallest absolute Gasteiger partial charge is 0.126 e. The molecular formula is C16H18BrFN2. The van der Waals surface area contributed by atoms with E-state index in [9.17, 15) is 4.39 Å². The number of likely N-dealkylation sites (N-methyl/N-ethyl adjacent to an activating group) is 1. The van der Waals surface area contributed by atoms with Crippen LogP contribution < -0.4 is 10.2 Å². The highest BCUT2D eigenvalue weighted by Gasteiger charge is 2.06. The van der Waals surface area contributed by atoms with E-state index in [1.54, 1.807) is 6.07 Å². The van der Waals surface area contributed by atoms with E-state index in [0.29, 0.717) is 6.42 Å². The van der Waals surface area contributed by atoms with E-state index in [1.807, 2.05) is 32.3 Å². The summed E-state index contributed by atoms with van der Waals surface area (Å²) in [5, 5.41) is 3.12. The van der Waals surface area contributed by atoms with Gasteiger partial charge in [-0.2, -0.15) is 0 Å². The summed E-state index contributed by atoms with van der Waals surface area (Å²) in [6, 6.07) is 13.2. The molecule has 0 atom stereocenters. The van der Waals surface area contributed by atoms with Crippen molar-refractivity contribution in [3.63, 3.8) is 0 Å². The summed E-state index contributed by atoms with van der Waals surface area (Å²) in [5.74, 6) is -0.148. The van der Waals surface area contributed by atoms with Crippen molar-refractivity contribution < 1.29 is 4.39 Å². The first-order valence-corrected chi connectivity index (χ1v) is 7.32. The molecule has 0 aromatic heterocycles. The van der Waals surface area contributed by atoms with Gasteiger partial charge < -0.3 is 10.2 Å². The second kappa shape index (κ2) is 6.75. The Balaban J connectivity index is 2.04. The Morgan fingerprint density at radius 3 is 2.75 bits per heavy atom. The highest BCUT2D eigenvalue weighted by atomic mass is 79.9. The van der Waals surface area contributed by atoms with E-state index in [4.69, 9.17) is 0 Å². The lowest BCUT2D eigenvalue weighted by molar-refractivity contribution is 0.608. The standard InChI is InChI=1S/C16H18BrFN2/c1-19-14-4-3-5-15(11-14)20(2)9-8-12-10-13(17)6-7-16(12)18/h3-7,10-11,19H,8-9H2,1-2H3. The highest BCUT2D eigenvalue weighted by molar-refractivity contribution is 9.10. The number of benzene rings is 2. The van der Waals surface area contributed by atoms with Crippen LogP contribution in [0.5, 0.6) is 0 Å². The minimum atomic E-state index is -0.148. The lowest BCUT2D eigenvalue weighted by atomic mass is 10.1. The van der Waals surface area contributed by atoms with Crippen LogP contribution in [-0.2, 0) is 6.42 Å². The van der Waals surface area contributed by atoms with Crippen molar-refractivity contribution >= 4 is 27.3 Å². The van der Waals surface area contributed by atoms with Crippen LogP contribution >= 0.6 is 15.9 Å². The molecule has 0 amide bonds. The molecule has 0 saturated heterocycles. The largest absolute Gasteiger partial charge is 0.388 e. The van der Waals surface area contributed by atoms with Gasteiger partial charge in [0, 0.05) is 36.5 Å². The van der Waals surface area contributed by atoms with E-state index in [2.05, 4.69) is 38.3 Å². The normalized spacial score (nSPS) is 10.4. The monoisotopic (exact) mass is 336 g/mol. The van der Waals surface area contributed by atoms with E-state index in [1.165, 1.54) is 6.07 Å². The summed E-state index contributed by atoms with van der Waals surface area (Å²) in [6.45, 7) is 0.764. The van der Waals surface area contributed by atoms with Crippen molar-refractivity contribution in [1.82, 2.24) is 0 Å². The molecule has 4 heteroatoms. The van der Waals surface area contributed by atoms with Crippen molar-refractivity contribution in [2.24, 2.45) is 0 Å². The zero-order valence-corrected chi connectivity index (χ0v) is 13.2. The first-order chi connectivity index (χ1) is 9.60. The molecular weight excluding hydrogens is 319 g/mol. The lowest BCUT2D eigenvalue weighted by Crippen LogP contribution is -2.20. The summed E-state index contributed by atoms with van der Waals surface area (Å²) in [6.07, 6.45) is 0.672. The SMILES string of the molecule is CNc1cccc(N(C)CCc2cc(Br)ccc2F)c1. The maximum absolute atomic E-state index is 13.7. The van der Waals surface area contributed by atoms with Gasteiger partial charge in [-0.05, 0) is 48.4 Å². The minimum Gasteiger partial charge on any atom is -0.388 e. The fourth-order valence-electron chi connectivity index (χ4n) is 2.05. The van der Waals surface area contributed by atoms with Crippen molar-refractivity contribution in [2.45, 2.75) is 6.42 Å². The van der Waals surface area contributed by atoms with Gasteiger partial charge in [0.25, 0.3) is 0 Å². The van der Waals surface area contributed by atoms with Crippen LogP contribution in [0.15, 0.2) is 46.9 Å². The summed E-state index contributed by atoms with van der Waals surface area (Å²) in [5.41, 5.74) is 2.92. The molecule has 2 aromatic rings. The zero-order chi connectivity index (χ0) is 14.5. The van der Waals surface area contributed by atoms with Gasteiger partial charge in [0.1, 0.15) is 5.82 Å². The Labute approximate surface area is 127 Å². The third kappa shape index (κ3) is 3.73. The number of hydrogen-bond acceptors (Lipinski definition) is 2. The van der Waals surface area contributed by atoms with E-state index in [0.717, 1.165) is 28.0 Å². The zero-order valence-electron chi connectivity index (χ0n) is 11.7. The van der Waals surface area contributed by atoms with Crippen LogP contribution in [0.2, 0.25) is 0 Å². The average molecular weight is 337 g/mol. The van der Waals surface area contributed by atoms with Crippen LogP contribution in [-0.4, -0.2) is 20.6 Å². The second-order valence-electron chi connectivity index (χ2n) is 4.71. The third-order valence-electron chi connectivity index (χ3n) is 3.30. The van der Waals surface area contributed by atoms with Crippen LogP contribution in [0.25, 0.3) is 0 Å². The Hall–Kier alpha value is -1.55. The van der Waals surface area contributed by atoms with Crippen molar-refractivity contribution in [1.29, 1.82) is 0 Å². The molecule has 0 fully saturated rings. The van der Waals surface area contributed by atoms with E-state index < -0.39 is 0 Å². The summed E-state index contributed by atoms with van der Waals surface area (Å²) in [4.78, 5) is 2.13. The summed E-state index contributed by atoms with van der Waals surface area (Å²) < 4.78 is 14.6. The fraction of sp³-hybridized carbons (Fsp3) is 0.250. The minimum absolute atomic E-state index is 0.148. The maximum atomic E-state index is 13.7. The first-order valence-electron chi connectivity index (χ1n) is 6.53. The number of rotatable bonds is 5.